The largest absolute Gasteiger partial charge is 0.399 e. The first-order valence-electron chi connectivity index (χ1n) is 5.54. The van der Waals surface area contributed by atoms with Gasteiger partial charge in [0, 0.05) is 11.9 Å². The van der Waals surface area contributed by atoms with E-state index >= 15 is 0 Å². The fraction of sp³-hybridized carbons (Fsp3) is 0. The van der Waals surface area contributed by atoms with Gasteiger partial charge in [0.25, 0.3) is 0 Å². The Kier molecular flexibility index (Phi) is 2.82. The third-order valence-electron chi connectivity index (χ3n) is 2.57. The number of hydrogen-bond acceptors (Lipinski definition) is 5. The lowest BCUT2D eigenvalue weighted by molar-refractivity contribution is 1.07. The minimum Gasteiger partial charge on any atom is -0.399 e. The number of rotatable bonds is 2. The molecule has 6 heteroatoms. The first kappa shape index (κ1) is 11.6. The average molecular weight is 267 g/mol. The summed E-state index contributed by atoms with van der Waals surface area (Å²) in [7, 11) is 0. The molecule has 5 nitrogen and oxygen atoms in total. The van der Waals surface area contributed by atoms with Crippen LogP contribution in [-0.4, -0.2) is 15.0 Å². The number of fused-ring (bicyclic) bond motifs is 1. The number of nitrogens with one attached hydrogen (secondary N) is 1. The molecule has 19 heavy (non-hydrogen) atoms. The van der Waals surface area contributed by atoms with Gasteiger partial charge in [-0.3, -0.25) is 0 Å². The van der Waals surface area contributed by atoms with E-state index in [0.717, 1.165) is 15.9 Å². The first-order valence-corrected chi connectivity index (χ1v) is 6.36. The SMILES string of the molecule is N#Cc1ncccc1Sc1nc2ccc(N)cc2[nH]1. The van der Waals surface area contributed by atoms with E-state index in [0.29, 0.717) is 16.5 Å². The minimum atomic E-state index is 0.396. The van der Waals surface area contributed by atoms with Crippen molar-refractivity contribution in [1.82, 2.24) is 15.0 Å². The monoisotopic (exact) mass is 267 g/mol. The molecule has 0 bridgehead atoms. The van der Waals surface area contributed by atoms with Gasteiger partial charge in [-0.1, -0.05) is 0 Å². The minimum absolute atomic E-state index is 0.396. The number of nitriles is 1. The Balaban J connectivity index is 1.99. The third kappa shape index (κ3) is 2.23. The molecule has 0 aliphatic heterocycles. The number of anilines is 1. The third-order valence-corrected chi connectivity index (χ3v) is 3.50. The van der Waals surface area contributed by atoms with Gasteiger partial charge in [0.2, 0.25) is 0 Å². The highest BCUT2D eigenvalue weighted by atomic mass is 32.2. The van der Waals surface area contributed by atoms with Gasteiger partial charge in [-0.25, -0.2) is 9.97 Å². The number of hydrogen-bond donors (Lipinski definition) is 2. The summed E-state index contributed by atoms with van der Waals surface area (Å²) >= 11 is 1.38. The van der Waals surface area contributed by atoms with E-state index in [4.69, 9.17) is 11.0 Å². The standard InChI is InChI=1S/C13H9N5S/c14-7-11-12(2-1-5-16-11)19-13-17-9-4-3-8(15)6-10(9)18-13/h1-6H,15H2,(H,17,18). The van der Waals surface area contributed by atoms with Gasteiger partial charge in [0.15, 0.2) is 10.9 Å². The van der Waals surface area contributed by atoms with E-state index in [1.54, 1.807) is 12.3 Å². The smallest absolute Gasteiger partial charge is 0.171 e. The molecule has 92 valence electrons. The molecule has 2 heterocycles. The number of aromatic amines is 1. The second-order valence-corrected chi connectivity index (χ2v) is 4.91. The summed E-state index contributed by atoms with van der Waals surface area (Å²) < 4.78 is 0. The molecule has 1 aromatic carbocycles. The van der Waals surface area contributed by atoms with Crippen molar-refractivity contribution in [2.24, 2.45) is 0 Å². The van der Waals surface area contributed by atoms with Crippen LogP contribution in [0.15, 0.2) is 46.6 Å². The topological polar surface area (TPSA) is 91.4 Å². The zero-order valence-electron chi connectivity index (χ0n) is 9.79. The Morgan fingerprint density at radius 2 is 2.21 bits per heavy atom. The van der Waals surface area contributed by atoms with Crippen LogP contribution in [-0.2, 0) is 0 Å². The van der Waals surface area contributed by atoms with Gasteiger partial charge in [0.1, 0.15) is 6.07 Å². The van der Waals surface area contributed by atoms with Crippen molar-refractivity contribution in [3.05, 3.63) is 42.2 Å². The summed E-state index contributed by atoms with van der Waals surface area (Å²) in [6.07, 6.45) is 1.60. The van der Waals surface area contributed by atoms with Crippen LogP contribution in [0.1, 0.15) is 5.69 Å². The quantitative estimate of drug-likeness (QED) is 0.696. The lowest BCUT2D eigenvalue weighted by atomic mass is 10.3. The van der Waals surface area contributed by atoms with E-state index < -0.39 is 0 Å². The summed E-state index contributed by atoms with van der Waals surface area (Å²) in [5, 5.41) is 9.71. The van der Waals surface area contributed by atoms with Crippen LogP contribution in [0.25, 0.3) is 11.0 Å². The van der Waals surface area contributed by atoms with Crippen LogP contribution >= 0.6 is 11.8 Å². The molecule has 0 atom stereocenters. The van der Waals surface area contributed by atoms with Crippen LogP contribution < -0.4 is 5.73 Å². The molecule has 0 saturated carbocycles. The van der Waals surface area contributed by atoms with Crippen LogP contribution in [0.3, 0.4) is 0 Å². The second-order valence-electron chi connectivity index (χ2n) is 3.88. The molecule has 0 amide bonds. The predicted octanol–water partition coefficient (Wildman–Crippen LogP) is 2.56. The molecule has 0 fully saturated rings. The number of H-pyrrole nitrogens is 1. The Morgan fingerprint density at radius 1 is 1.32 bits per heavy atom. The van der Waals surface area contributed by atoms with Crippen LogP contribution in [0.4, 0.5) is 5.69 Å². The molecule has 0 radical (unpaired) electrons. The summed E-state index contributed by atoms with van der Waals surface area (Å²) in [5.74, 6) is 0. The molecule has 0 aliphatic carbocycles. The molecule has 2 aromatic heterocycles. The summed E-state index contributed by atoms with van der Waals surface area (Å²) in [6.45, 7) is 0. The van der Waals surface area contributed by atoms with Crippen LogP contribution in [0.2, 0.25) is 0 Å². The number of pyridine rings is 1. The summed E-state index contributed by atoms with van der Waals surface area (Å²) in [5.41, 5.74) is 8.53. The average Bonchev–Trinajstić information content (AvgIpc) is 2.80. The Morgan fingerprint density at radius 3 is 3.05 bits per heavy atom. The number of nitrogens with zero attached hydrogens (tertiary/aromatic N) is 3. The summed E-state index contributed by atoms with van der Waals surface area (Å²) in [4.78, 5) is 12.4. The van der Waals surface area contributed by atoms with Crippen molar-refractivity contribution in [1.29, 1.82) is 5.26 Å². The first-order chi connectivity index (χ1) is 9.26. The highest BCUT2D eigenvalue weighted by Crippen LogP contribution is 2.29. The van der Waals surface area contributed by atoms with Crippen molar-refractivity contribution in [2.45, 2.75) is 10.1 Å². The number of nitrogen functional groups attached to an aromatic ring is 1. The highest BCUT2D eigenvalue weighted by molar-refractivity contribution is 7.99. The van der Waals surface area contributed by atoms with E-state index in [2.05, 4.69) is 21.0 Å². The van der Waals surface area contributed by atoms with Crippen molar-refractivity contribution in [3.8, 4) is 6.07 Å². The van der Waals surface area contributed by atoms with Crippen molar-refractivity contribution >= 4 is 28.5 Å². The van der Waals surface area contributed by atoms with Crippen LogP contribution in [0, 0.1) is 11.3 Å². The number of imidazole rings is 1. The zero-order chi connectivity index (χ0) is 13.2. The molecule has 0 unspecified atom stereocenters. The number of benzene rings is 1. The molecule has 0 saturated heterocycles. The Hall–Kier alpha value is -2.52. The maximum Gasteiger partial charge on any atom is 0.171 e. The maximum atomic E-state index is 9.00. The van der Waals surface area contributed by atoms with Crippen molar-refractivity contribution in [3.63, 3.8) is 0 Å². The van der Waals surface area contributed by atoms with Gasteiger partial charge in [-0.15, -0.1) is 0 Å². The van der Waals surface area contributed by atoms with E-state index in [1.165, 1.54) is 11.8 Å². The molecular formula is C13H9N5S. The molecular weight excluding hydrogens is 258 g/mol. The van der Waals surface area contributed by atoms with Crippen molar-refractivity contribution < 1.29 is 0 Å². The molecule has 3 aromatic rings. The lowest BCUT2D eigenvalue weighted by Crippen LogP contribution is -1.85. The maximum absolute atomic E-state index is 9.00. The molecule has 0 spiro atoms. The van der Waals surface area contributed by atoms with Crippen molar-refractivity contribution in [2.75, 3.05) is 5.73 Å². The summed E-state index contributed by atoms with van der Waals surface area (Å²) in [6, 6.07) is 11.2. The fourth-order valence-electron chi connectivity index (χ4n) is 1.71. The van der Waals surface area contributed by atoms with Gasteiger partial charge in [-0.05, 0) is 42.1 Å². The molecule has 0 aliphatic rings. The number of aromatic nitrogens is 3. The van der Waals surface area contributed by atoms with Gasteiger partial charge >= 0.3 is 0 Å². The van der Waals surface area contributed by atoms with Gasteiger partial charge in [0.05, 0.1) is 15.9 Å². The Labute approximate surface area is 113 Å². The van der Waals surface area contributed by atoms with Gasteiger partial charge < -0.3 is 10.7 Å². The van der Waals surface area contributed by atoms with E-state index in [1.807, 2.05) is 24.3 Å². The fourth-order valence-corrected chi connectivity index (χ4v) is 2.57. The molecule has 3 N–H and O–H groups in total. The van der Waals surface area contributed by atoms with E-state index in [9.17, 15) is 0 Å². The van der Waals surface area contributed by atoms with Gasteiger partial charge in [-0.2, -0.15) is 5.26 Å². The Bertz CT molecular complexity index is 787. The highest BCUT2D eigenvalue weighted by Gasteiger charge is 2.08. The lowest BCUT2D eigenvalue weighted by Gasteiger charge is -1.98. The van der Waals surface area contributed by atoms with Crippen LogP contribution in [0.5, 0.6) is 0 Å². The zero-order valence-corrected chi connectivity index (χ0v) is 10.6. The second kappa shape index (κ2) is 4.63. The molecule has 3 rings (SSSR count). The number of nitrogens with two attached hydrogens (primary N) is 1. The van der Waals surface area contributed by atoms with E-state index in [-0.39, 0.29) is 0 Å². The predicted molar refractivity (Wildman–Crippen MR) is 73.6 cm³/mol. The normalized spacial score (nSPS) is 10.5.